The summed E-state index contributed by atoms with van der Waals surface area (Å²) in [5, 5.41) is 0. The highest BCUT2D eigenvalue weighted by Gasteiger charge is 2.05. The smallest absolute Gasteiger partial charge is 0.134 e. The normalized spacial score (nSPS) is 10.2. The van der Waals surface area contributed by atoms with Gasteiger partial charge in [-0.3, -0.25) is 4.98 Å². The summed E-state index contributed by atoms with van der Waals surface area (Å²) in [4.78, 5) is 4.29. The zero-order valence-electron chi connectivity index (χ0n) is 10.3. The number of methoxy groups -OCH3 is 1. The lowest BCUT2D eigenvalue weighted by atomic mass is 10.2. The van der Waals surface area contributed by atoms with Gasteiger partial charge in [0.15, 0.2) is 0 Å². The topological polar surface area (TPSA) is 31.4 Å². The Labute approximate surface area is 115 Å². The average Bonchev–Trinajstić information content (AvgIpc) is 2.39. The Morgan fingerprint density at radius 1 is 1.28 bits per heavy atom. The largest absolute Gasteiger partial charge is 0.497 e. The highest BCUT2D eigenvalue weighted by molar-refractivity contribution is 9.10. The maximum atomic E-state index is 5.74. The number of hydrogen-bond donors (Lipinski definition) is 0. The second-order valence-electron chi connectivity index (χ2n) is 3.85. The molecule has 0 spiro atoms. The fraction of sp³-hybridized carbons (Fsp3) is 0.214. The Bertz CT molecular complexity index is 543. The van der Waals surface area contributed by atoms with Gasteiger partial charge in [0.25, 0.3) is 0 Å². The summed E-state index contributed by atoms with van der Waals surface area (Å²) in [6.45, 7) is 2.48. The number of rotatable bonds is 4. The number of nitrogens with zero attached hydrogens (tertiary/aromatic N) is 1. The SMILES string of the molecule is COc1ccc(OCc2ncccc2C)c(Br)c1. The summed E-state index contributed by atoms with van der Waals surface area (Å²) in [5.41, 5.74) is 2.07. The van der Waals surface area contributed by atoms with Crippen LogP contribution >= 0.6 is 15.9 Å². The molecule has 2 rings (SSSR count). The molecule has 3 nitrogen and oxygen atoms in total. The van der Waals surface area contributed by atoms with Crippen molar-refractivity contribution in [1.82, 2.24) is 4.98 Å². The van der Waals surface area contributed by atoms with Gasteiger partial charge in [-0.05, 0) is 52.7 Å². The first-order valence-corrected chi connectivity index (χ1v) is 6.37. The van der Waals surface area contributed by atoms with Gasteiger partial charge in [-0.1, -0.05) is 6.07 Å². The highest BCUT2D eigenvalue weighted by atomic mass is 79.9. The lowest BCUT2D eigenvalue weighted by Gasteiger charge is -2.10. The van der Waals surface area contributed by atoms with Crippen molar-refractivity contribution in [2.45, 2.75) is 13.5 Å². The zero-order valence-corrected chi connectivity index (χ0v) is 11.9. The van der Waals surface area contributed by atoms with Crippen molar-refractivity contribution in [3.63, 3.8) is 0 Å². The summed E-state index contributed by atoms with van der Waals surface area (Å²) in [5.74, 6) is 1.57. The first-order valence-electron chi connectivity index (χ1n) is 5.57. The van der Waals surface area contributed by atoms with E-state index in [0.29, 0.717) is 6.61 Å². The molecular formula is C14H14BrNO2. The van der Waals surface area contributed by atoms with Crippen LogP contribution in [0.25, 0.3) is 0 Å². The van der Waals surface area contributed by atoms with E-state index in [1.54, 1.807) is 13.3 Å². The molecule has 0 unspecified atom stereocenters. The maximum absolute atomic E-state index is 5.74. The summed E-state index contributed by atoms with van der Waals surface area (Å²) >= 11 is 3.45. The summed E-state index contributed by atoms with van der Waals surface area (Å²) in [6, 6.07) is 9.56. The van der Waals surface area contributed by atoms with Gasteiger partial charge in [0.1, 0.15) is 18.1 Å². The van der Waals surface area contributed by atoms with Crippen molar-refractivity contribution in [1.29, 1.82) is 0 Å². The minimum atomic E-state index is 0.456. The van der Waals surface area contributed by atoms with Crippen molar-refractivity contribution in [3.8, 4) is 11.5 Å². The van der Waals surface area contributed by atoms with E-state index in [1.165, 1.54) is 0 Å². The molecule has 0 bridgehead atoms. The van der Waals surface area contributed by atoms with Crippen LogP contribution in [0.2, 0.25) is 0 Å². The van der Waals surface area contributed by atoms with E-state index in [2.05, 4.69) is 20.9 Å². The van der Waals surface area contributed by atoms with E-state index in [4.69, 9.17) is 9.47 Å². The third-order valence-electron chi connectivity index (χ3n) is 2.62. The highest BCUT2D eigenvalue weighted by Crippen LogP contribution is 2.29. The molecule has 0 saturated carbocycles. The molecular weight excluding hydrogens is 294 g/mol. The third kappa shape index (κ3) is 3.01. The first-order chi connectivity index (χ1) is 8.70. The Kier molecular flexibility index (Phi) is 4.20. The van der Waals surface area contributed by atoms with Crippen LogP contribution in [-0.2, 0) is 6.61 Å². The fourth-order valence-electron chi connectivity index (χ4n) is 1.54. The zero-order chi connectivity index (χ0) is 13.0. The average molecular weight is 308 g/mol. The van der Waals surface area contributed by atoms with Gasteiger partial charge in [0, 0.05) is 6.20 Å². The Morgan fingerprint density at radius 3 is 2.78 bits per heavy atom. The van der Waals surface area contributed by atoms with Crippen LogP contribution in [0, 0.1) is 6.92 Å². The molecule has 1 aromatic carbocycles. The van der Waals surface area contributed by atoms with Crippen molar-refractivity contribution < 1.29 is 9.47 Å². The Morgan fingerprint density at radius 2 is 2.11 bits per heavy atom. The van der Waals surface area contributed by atoms with Crippen LogP contribution in [0.15, 0.2) is 41.0 Å². The molecule has 0 aliphatic carbocycles. The van der Waals surface area contributed by atoms with E-state index in [-0.39, 0.29) is 0 Å². The van der Waals surface area contributed by atoms with E-state index < -0.39 is 0 Å². The number of aryl methyl sites for hydroxylation is 1. The molecule has 0 fully saturated rings. The number of aromatic nitrogens is 1. The second kappa shape index (κ2) is 5.87. The van der Waals surface area contributed by atoms with Gasteiger partial charge in [0.05, 0.1) is 17.3 Å². The van der Waals surface area contributed by atoms with Crippen LogP contribution < -0.4 is 9.47 Å². The predicted molar refractivity (Wildman–Crippen MR) is 74.0 cm³/mol. The number of halogens is 1. The van der Waals surface area contributed by atoms with Gasteiger partial charge >= 0.3 is 0 Å². The van der Waals surface area contributed by atoms with Crippen LogP contribution in [0.5, 0.6) is 11.5 Å². The molecule has 0 amide bonds. The van der Waals surface area contributed by atoms with Crippen molar-refractivity contribution in [3.05, 3.63) is 52.3 Å². The summed E-state index contributed by atoms with van der Waals surface area (Å²) < 4.78 is 11.7. The molecule has 94 valence electrons. The number of hydrogen-bond acceptors (Lipinski definition) is 3. The van der Waals surface area contributed by atoms with E-state index in [1.807, 2.05) is 37.3 Å². The van der Waals surface area contributed by atoms with E-state index in [9.17, 15) is 0 Å². The fourth-order valence-corrected chi connectivity index (χ4v) is 2.01. The maximum Gasteiger partial charge on any atom is 0.134 e. The lowest BCUT2D eigenvalue weighted by molar-refractivity contribution is 0.297. The predicted octanol–water partition coefficient (Wildman–Crippen LogP) is 3.74. The first kappa shape index (κ1) is 12.9. The molecule has 1 aromatic heterocycles. The molecule has 0 aliphatic rings. The van der Waals surface area contributed by atoms with Crippen LogP contribution in [0.4, 0.5) is 0 Å². The van der Waals surface area contributed by atoms with Gasteiger partial charge in [0.2, 0.25) is 0 Å². The van der Waals surface area contributed by atoms with Crippen LogP contribution in [0.1, 0.15) is 11.3 Å². The van der Waals surface area contributed by atoms with Crippen LogP contribution in [0.3, 0.4) is 0 Å². The standard InChI is InChI=1S/C14H14BrNO2/c1-10-4-3-7-16-13(10)9-18-14-6-5-11(17-2)8-12(14)15/h3-8H,9H2,1-2H3. The van der Waals surface area contributed by atoms with Gasteiger partial charge in [-0.25, -0.2) is 0 Å². The summed E-state index contributed by atoms with van der Waals surface area (Å²) in [7, 11) is 1.64. The van der Waals surface area contributed by atoms with Crippen molar-refractivity contribution in [2.24, 2.45) is 0 Å². The minimum absolute atomic E-state index is 0.456. The molecule has 0 saturated heterocycles. The molecule has 0 radical (unpaired) electrons. The molecule has 2 aromatic rings. The van der Waals surface area contributed by atoms with E-state index in [0.717, 1.165) is 27.2 Å². The molecule has 0 atom stereocenters. The lowest BCUT2D eigenvalue weighted by Crippen LogP contribution is -2.00. The molecule has 4 heteroatoms. The van der Waals surface area contributed by atoms with Crippen LogP contribution in [-0.4, -0.2) is 12.1 Å². The van der Waals surface area contributed by atoms with Crippen molar-refractivity contribution >= 4 is 15.9 Å². The van der Waals surface area contributed by atoms with Gasteiger partial charge in [-0.2, -0.15) is 0 Å². The molecule has 1 heterocycles. The molecule has 0 N–H and O–H groups in total. The number of benzene rings is 1. The summed E-state index contributed by atoms with van der Waals surface area (Å²) in [6.07, 6.45) is 1.77. The van der Waals surface area contributed by atoms with Gasteiger partial charge < -0.3 is 9.47 Å². The Hall–Kier alpha value is -1.55. The van der Waals surface area contributed by atoms with Gasteiger partial charge in [-0.15, -0.1) is 0 Å². The Balaban J connectivity index is 2.09. The monoisotopic (exact) mass is 307 g/mol. The quantitative estimate of drug-likeness (QED) is 0.862. The second-order valence-corrected chi connectivity index (χ2v) is 4.71. The minimum Gasteiger partial charge on any atom is -0.497 e. The number of ether oxygens (including phenoxy) is 2. The molecule has 0 aliphatic heterocycles. The van der Waals surface area contributed by atoms with E-state index >= 15 is 0 Å². The molecule has 18 heavy (non-hydrogen) atoms. The van der Waals surface area contributed by atoms with Crippen molar-refractivity contribution in [2.75, 3.05) is 7.11 Å². The third-order valence-corrected chi connectivity index (χ3v) is 3.24. The number of pyridine rings is 1.